The first-order valence-corrected chi connectivity index (χ1v) is 7.13. The minimum Gasteiger partial charge on any atom is -0.273 e. The molecular weight excluding hydrogens is 256 g/mol. The zero-order chi connectivity index (χ0) is 13.8. The van der Waals surface area contributed by atoms with Crippen LogP contribution in [0, 0.1) is 0 Å². The number of sulfone groups is 1. The van der Waals surface area contributed by atoms with Crippen molar-refractivity contribution >= 4 is 21.7 Å². The van der Waals surface area contributed by atoms with Crippen LogP contribution in [-0.4, -0.2) is 26.5 Å². The maximum absolute atomic E-state index is 11.6. The molecule has 18 heavy (non-hydrogen) atoms. The minimum atomic E-state index is -3.28. The van der Waals surface area contributed by atoms with E-state index in [9.17, 15) is 18.0 Å². The normalized spacial score (nSPS) is 10.8. The first kappa shape index (κ1) is 14.2. The molecule has 0 heterocycles. The molecule has 0 unspecified atom stereocenters. The van der Waals surface area contributed by atoms with Crippen molar-refractivity contribution in [2.75, 3.05) is 6.26 Å². The van der Waals surface area contributed by atoms with E-state index in [4.69, 9.17) is 0 Å². The predicted molar refractivity (Wildman–Crippen MR) is 65.5 cm³/mol. The molecule has 2 N–H and O–H groups in total. The van der Waals surface area contributed by atoms with Crippen LogP contribution in [0.3, 0.4) is 0 Å². The van der Waals surface area contributed by atoms with E-state index < -0.39 is 15.7 Å². The lowest BCUT2D eigenvalue weighted by molar-refractivity contribution is -0.121. The van der Waals surface area contributed by atoms with E-state index in [0.29, 0.717) is 0 Å². The Morgan fingerprint density at radius 1 is 1.11 bits per heavy atom. The van der Waals surface area contributed by atoms with Crippen LogP contribution in [0.1, 0.15) is 23.7 Å². The van der Waals surface area contributed by atoms with E-state index in [1.807, 2.05) is 0 Å². The maximum Gasteiger partial charge on any atom is 0.269 e. The van der Waals surface area contributed by atoms with Crippen molar-refractivity contribution in [3.63, 3.8) is 0 Å². The van der Waals surface area contributed by atoms with Crippen molar-refractivity contribution in [1.29, 1.82) is 0 Å². The molecule has 1 aromatic rings. The Bertz CT molecular complexity index is 549. The van der Waals surface area contributed by atoms with Gasteiger partial charge in [-0.25, -0.2) is 8.42 Å². The second kappa shape index (κ2) is 5.63. The Morgan fingerprint density at radius 3 is 2.11 bits per heavy atom. The van der Waals surface area contributed by atoms with E-state index in [0.717, 1.165) is 6.26 Å². The van der Waals surface area contributed by atoms with Gasteiger partial charge < -0.3 is 0 Å². The van der Waals surface area contributed by atoms with E-state index in [1.165, 1.54) is 24.3 Å². The molecule has 1 aromatic carbocycles. The molecule has 7 heteroatoms. The molecule has 0 aromatic heterocycles. The Balaban J connectivity index is 2.74. The Hall–Kier alpha value is -1.89. The fraction of sp³-hybridized carbons (Fsp3) is 0.273. The van der Waals surface area contributed by atoms with Gasteiger partial charge in [-0.3, -0.25) is 20.4 Å². The lowest BCUT2D eigenvalue weighted by atomic mass is 10.2. The summed E-state index contributed by atoms with van der Waals surface area (Å²) in [6.07, 6.45) is 1.34. The van der Waals surface area contributed by atoms with Crippen LogP contribution in [0.25, 0.3) is 0 Å². The zero-order valence-electron chi connectivity index (χ0n) is 10.1. The number of carbonyl (C=O) groups excluding carboxylic acids is 2. The Labute approximate surface area is 105 Å². The van der Waals surface area contributed by atoms with E-state index in [-0.39, 0.29) is 22.8 Å². The number of nitrogens with one attached hydrogen (secondary N) is 2. The highest BCUT2D eigenvalue weighted by molar-refractivity contribution is 7.90. The molecule has 0 fully saturated rings. The fourth-order valence-corrected chi connectivity index (χ4v) is 1.77. The Morgan fingerprint density at radius 2 is 1.67 bits per heavy atom. The molecule has 0 aliphatic rings. The first-order valence-electron chi connectivity index (χ1n) is 5.24. The van der Waals surface area contributed by atoms with Gasteiger partial charge in [-0.2, -0.15) is 0 Å². The standard InChI is InChI=1S/C11H14N2O4S/c1-3-10(14)12-13-11(15)8-4-6-9(7-5-8)18(2,16)17/h4-7H,3H2,1-2H3,(H,12,14)(H,13,15). The van der Waals surface area contributed by atoms with Gasteiger partial charge in [-0.15, -0.1) is 0 Å². The second-order valence-corrected chi connectivity index (χ2v) is 5.67. The van der Waals surface area contributed by atoms with Crippen molar-refractivity contribution < 1.29 is 18.0 Å². The topological polar surface area (TPSA) is 92.3 Å². The van der Waals surface area contributed by atoms with E-state index in [1.54, 1.807) is 6.92 Å². The summed E-state index contributed by atoms with van der Waals surface area (Å²) in [5.74, 6) is -0.812. The molecule has 0 atom stereocenters. The quantitative estimate of drug-likeness (QED) is 0.771. The number of benzene rings is 1. The van der Waals surface area contributed by atoms with Gasteiger partial charge in [0, 0.05) is 18.2 Å². The van der Waals surface area contributed by atoms with Crippen LogP contribution in [0.15, 0.2) is 29.2 Å². The zero-order valence-corrected chi connectivity index (χ0v) is 10.9. The molecule has 0 aliphatic heterocycles. The molecule has 0 aliphatic carbocycles. The van der Waals surface area contributed by atoms with Gasteiger partial charge in [0.15, 0.2) is 9.84 Å². The molecule has 0 radical (unpaired) electrons. The predicted octanol–water partition coefficient (Wildman–Crippen LogP) is 0.261. The SMILES string of the molecule is CCC(=O)NNC(=O)c1ccc(S(C)(=O)=O)cc1. The first-order chi connectivity index (χ1) is 8.34. The number of hydrazine groups is 1. The molecule has 0 saturated carbocycles. The van der Waals surface area contributed by atoms with Gasteiger partial charge in [0.25, 0.3) is 5.91 Å². The molecule has 2 amide bonds. The number of rotatable bonds is 3. The third-order valence-corrected chi connectivity index (χ3v) is 3.31. The maximum atomic E-state index is 11.6. The summed E-state index contributed by atoms with van der Waals surface area (Å²) >= 11 is 0. The summed E-state index contributed by atoms with van der Waals surface area (Å²) in [4.78, 5) is 22.6. The molecule has 0 bridgehead atoms. The molecule has 6 nitrogen and oxygen atoms in total. The molecule has 98 valence electrons. The highest BCUT2D eigenvalue weighted by Crippen LogP contribution is 2.09. The third-order valence-electron chi connectivity index (χ3n) is 2.18. The van der Waals surface area contributed by atoms with Crippen molar-refractivity contribution in [2.45, 2.75) is 18.2 Å². The lowest BCUT2D eigenvalue weighted by Crippen LogP contribution is -2.41. The van der Waals surface area contributed by atoms with Crippen LogP contribution in [0.4, 0.5) is 0 Å². The van der Waals surface area contributed by atoms with Gasteiger partial charge in [-0.05, 0) is 24.3 Å². The molecule has 1 rings (SSSR count). The fourth-order valence-electron chi connectivity index (χ4n) is 1.14. The number of hydrogen-bond acceptors (Lipinski definition) is 4. The molecular formula is C11H14N2O4S. The van der Waals surface area contributed by atoms with E-state index in [2.05, 4.69) is 10.9 Å². The summed E-state index contributed by atoms with van der Waals surface area (Å²) in [6, 6.07) is 5.44. The van der Waals surface area contributed by atoms with Gasteiger partial charge >= 0.3 is 0 Å². The summed E-state index contributed by atoms with van der Waals surface area (Å²) in [7, 11) is -3.28. The monoisotopic (exact) mass is 270 g/mol. The van der Waals surface area contributed by atoms with Crippen molar-refractivity contribution in [3.8, 4) is 0 Å². The summed E-state index contributed by atoms with van der Waals surface area (Å²) in [5, 5.41) is 0. The van der Waals surface area contributed by atoms with Crippen LogP contribution < -0.4 is 10.9 Å². The Kier molecular flexibility index (Phi) is 4.43. The highest BCUT2D eigenvalue weighted by Gasteiger charge is 2.10. The van der Waals surface area contributed by atoms with Crippen LogP contribution in [0.5, 0.6) is 0 Å². The average Bonchev–Trinajstić information content (AvgIpc) is 2.34. The van der Waals surface area contributed by atoms with Crippen LogP contribution in [-0.2, 0) is 14.6 Å². The summed E-state index contributed by atoms with van der Waals surface area (Å²) < 4.78 is 22.4. The smallest absolute Gasteiger partial charge is 0.269 e. The minimum absolute atomic E-state index is 0.136. The van der Waals surface area contributed by atoms with Crippen molar-refractivity contribution in [3.05, 3.63) is 29.8 Å². The lowest BCUT2D eigenvalue weighted by Gasteiger charge is -2.06. The average molecular weight is 270 g/mol. The van der Waals surface area contributed by atoms with Crippen molar-refractivity contribution in [1.82, 2.24) is 10.9 Å². The van der Waals surface area contributed by atoms with Crippen LogP contribution in [0.2, 0.25) is 0 Å². The van der Waals surface area contributed by atoms with Crippen LogP contribution >= 0.6 is 0 Å². The van der Waals surface area contributed by atoms with Gasteiger partial charge in [0.05, 0.1) is 4.90 Å². The number of hydrogen-bond donors (Lipinski definition) is 2. The van der Waals surface area contributed by atoms with E-state index >= 15 is 0 Å². The van der Waals surface area contributed by atoms with Crippen molar-refractivity contribution in [2.24, 2.45) is 0 Å². The summed E-state index contributed by atoms with van der Waals surface area (Å²) in [6.45, 7) is 1.66. The third kappa shape index (κ3) is 3.85. The summed E-state index contributed by atoms with van der Waals surface area (Å²) in [5.41, 5.74) is 4.70. The number of amides is 2. The number of carbonyl (C=O) groups is 2. The largest absolute Gasteiger partial charge is 0.273 e. The molecule has 0 spiro atoms. The molecule has 0 saturated heterocycles. The van der Waals surface area contributed by atoms with Gasteiger partial charge in [-0.1, -0.05) is 6.92 Å². The van der Waals surface area contributed by atoms with Gasteiger partial charge in [0.2, 0.25) is 5.91 Å². The highest BCUT2D eigenvalue weighted by atomic mass is 32.2. The second-order valence-electron chi connectivity index (χ2n) is 3.65. The van der Waals surface area contributed by atoms with Gasteiger partial charge in [0.1, 0.15) is 0 Å².